The number of hydrogen-bond acceptors (Lipinski definition) is 6. The fourth-order valence-electron chi connectivity index (χ4n) is 3.80. The zero-order valence-electron chi connectivity index (χ0n) is 14.1. The van der Waals surface area contributed by atoms with E-state index in [9.17, 15) is 5.11 Å². The SMILES string of the molecule is Cn1cnnc1CC1(O)CCCN(c2cnc3c(n2)CCCC3)C1. The molecule has 0 spiro atoms. The van der Waals surface area contributed by atoms with Crippen LogP contribution in [-0.2, 0) is 26.3 Å². The Morgan fingerprint density at radius 3 is 2.83 bits per heavy atom. The lowest BCUT2D eigenvalue weighted by Crippen LogP contribution is -2.50. The summed E-state index contributed by atoms with van der Waals surface area (Å²) < 4.78 is 1.87. The Kier molecular flexibility index (Phi) is 3.96. The molecule has 2 aromatic rings. The maximum atomic E-state index is 11.1. The maximum Gasteiger partial charge on any atom is 0.147 e. The zero-order valence-corrected chi connectivity index (χ0v) is 14.1. The molecule has 128 valence electrons. The summed E-state index contributed by atoms with van der Waals surface area (Å²) in [7, 11) is 1.91. The molecule has 24 heavy (non-hydrogen) atoms. The van der Waals surface area contributed by atoms with E-state index in [0.29, 0.717) is 13.0 Å². The first kappa shape index (κ1) is 15.5. The van der Waals surface area contributed by atoms with Gasteiger partial charge in [0.05, 0.1) is 23.2 Å². The second-order valence-electron chi connectivity index (χ2n) is 7.11. The Morgan fingerprint density at radius 2 is 2.04 bits per heavy atom. The van der Waals surface area contributed by atoms with Crippen LogP contribution < -0.4 is 4.90 Å². The van der Waals surface area contributed by atoms with E-state index in [0.717, 1.165) is 55.3 Å². The van der Waals surface area contributed by atoms with Crippen LogP contribution >= 0.6 is 0 Å². The highest BCUT2D eigenvalue weighted by molar-refractivity contribution is 5.40. The lowest BCUT2D eigenvalue weighted by atomic mass is 9.89. The summed E-state index contributed by atoms with van der Waals surface area (Å²) >= 11 is 0. The van der Waals surface area contributed by atoms with Gasteiger partial charge in [-0.05, 0) is 38.5 Å². The summed E-state index contributed by atoms with van der Waals surface area (Å²) in [5.74, 6) is 1.71. The normalized spacial score (nSPS) is 24.0. The molecule has 1 fully saturated rings. The van der Waals surface area contributed by atoms with Crippen molar-refractivity contribution in [1.82, 2.24) is 24.7 Å². The van der Waals surface area contributed by atoms with Crippen molar-refractivity contribution < 1.29 is 5.11 Å². The first-order chi connectivity index (χ1) is 11.6. The Morgan fingerprint density at radius 1 is 1.21 bits per heavy atom. The highest BCUT2D eigenvalue weighted by Gasteiger charge is 2.35. The van der Waals surface area contributed by atoms with E-state index >= 15 is 0 Å². The largest absolute Gasteiger partial charge is 0.388 e. The number of anilines is 1. The van der Waals surface area contributed by atoms with Crippen LogP contribution in [0.1, 0.15) is 42.9 Å². The maximum absolute atomic E-state index is 11.1. The van der Waals surface area contributed by atoms with Crippen LogP contribution in [0, 0.1) is 0 Å². The molecule has 1 unspecified atom stereocenters. The van der Waals surface area contributed by atoms with Gasteiger partial charge >= 0.3 is 0 Å². The molecular weight excluding hydrogens is 304 g/mol. The molecule has 2 aliphatic rings. The lowest BCUT2D eigenvalue weighted by molar-refractivity contribution is 0.0236. The summed E-state index contributed by atoms with van der Waals surface area (Å²) in [4.78, 5) is 11.6. The van der Waals surface area contributed by atoms with Gasteiger partial charge in [-0.15, -0.1) is 10.2 Å². The summed E-state index contributed by atoms with van der Waals surface area (Å²) in [5, 5.41) is 19.1. The number of β-amino-alcohol motifs (C(OH)–C–C–N with tert-alkyl or cyclic N) is 1. The molecule has 0 radical (unpaired) electrons. The Hall–Kier alpha value is -2.02. The van der Waals surface area contributed by atoms with Crippen molar-refractivity contribution in [3.05, 3.63) is 29.7 Å². The summed E-state index contributed by atoms with van der Waals surface area (Å²) in [5.41, 5.74) is 1.49. The second-order valence-corrected chi connectivity index (χ2v) is 7.11. The third-order valence-electron chi connectivity index (χ3n) is 5.17. The molecule has 0 aromatic carbocycles. The van der Waals surface area contributed by atoms with E-state index < -0.39 is 5.60 Å². The third kappa shape index (κ3) is 3.00. The van der Waals surface area contributed by atoms with Gasteiger partial charge in [-0.1, -0.05) is 0 Å². The van der Waals surface area contributed by atoms with Gasteiger partial charge in [-0.25, -0.2) is 4.98 Å². The van der Waals surface area contributed by atoms with Crippen molar-refractivity contribution in [2.24, 2.45) is 7.05 Å². The quantitative estimate of drug-likeness (QED) is 0.907. The van der Waals surface area contributed by atoms with Gasteiger partial charge in [0.25, 0.3) is 0 Å². The number of hydrogen-bond donors (Lipinski definition) is 1. The number of aromatic nitrogens is 5. The van der Waals surface area contributed by atoms with Gasteiger partial charge in [0.1, 0.15) is 18.0 Å². The van der Waals surface area contributed by atoms with Crippen LogP contribution in [0.25, 0.3) is 0 Å². The van der Waals surface area contributed by atoms with Crippen LogP contribution in [-0.4, -0.2) is 48.5 Å². The van der Waals surface area contributed by atoms with Crippen LogP contribution in [0.3, 0.4) is 0 Å². The van der Waals surface area contributed by atoms with E-state index in [2.05, 4.69) is 20.1 Å². The molecule has 0 saturated carbocycles. The van der Waals surface area contributed by atoms with Gasteiger partial charge in [-0.3, -0.25) is 4.98 Å². The van der Waals surface area contributed by atoms with Gasteiger partial charge in [-0.2, -0.15) is 0 Å². The molecule has 1 aliphatic heterocycles. The molecular formula is C17H24N6O. The molecule has 7 heteroatoms. The molecule has 4 rings (SSSR count). The minimum absolute atomic E-state index is 0.512. The molecule has 1 atom stereocenters. The van der Waals surface area contributed by atoms with Gasteiger partial charge in [0.2, 0.25) is 0 Å². The van der Waals surface area contributed by atoms with Gasteiger partial charge < -0.3 is 14.6 Å². The fourth-order valence-corrected chi connectivity index (χ4v) is 3.80. The van der Waals surface area contributed by atoms with E-state index in [-0.39, 0.29) is 0 Å². The second kappa shape index (κ2) is 6.12. The summed E-state index contributed by atoms with van der Waals surface area (Å²) in [6, 6.07) is 0. The van der Waals surface area contributed by atoms with Gasteiger partial charge in [0, 0.05) is 26.6 Å². The Bertz CT molecular complexity index is 730. The number of aryl methyl sites for hydroxylation is 3. The van der Waals surface area contributed by atoms with E-state index in [1.165, 1.54) is 12.8 Å². The first-order valence-corrected chi connectivity index (χ1v) is 8.78. The van der Waals surface area contributed by atoms with E-state index in [1.807, 2.05) is 17.8 Å². The Balaban J connectivity index is 1.53. The number of aliphatic hydroxyl groups is 1. The smallest absolute Gasteiger partial charge is 0.147 e. The molecule has 2 aromatic heterocycles. The van der Waals surface area contributed by atoms with Crippen LogP contribution in [0.5, 0.6) is 0 Å². The average molecular weight is 328 g/mol. The average Bonchev–Trinajstić information content (AvgIpc) is 2.98. The minimum atomic E-state index is -0.795. The number of fused-ring (bicyclic) bond motifs is 1. The standard InChI is InChI=1S/C17H24N6O/c1-22-12-19-21-15(22)9-17(24)7-4-8-23(11-17)16-10-18-13-5-2-3-6-14(13)20-16/h10,12,24H,2-9,11H2,1H3. The number of nitrogens with zero attached hydrogens (tertiary/aromatic N) is 6. The molecule has 1 saturated heterocycles. The predicted molar refractivity (Wildman–Crippen MR) is 89.8 cm³/mol. The molecule has 0 amide bonds. The fraction of sp³-hybridized carbons (Fsp3) is 0.647. The highest BCUT2D eigenvalue weighted by Crippen LogP contribution is 2.28. The molecule has 3 heterocycles. The van der Waals surface area contributed by atoms with Crippen molar-refractivity contribution >= 4 is 5.82 Å². The van der Waals surface area contributed by atoms with Crippen molar-refractivity contribution in [3.63, 3.8) is 0 Å². The lowest BCUT2D eigenvalue weighted by Gasteiger charge is -2.39. The Labute approximate surface area is 141 Å². The van der Waals surface area contributed by atoms with E-state index in [4.69, 9.17) is 4.98 Å². The number of rotatable bonds is 3. The first-order valence-electron chi connectivity index (χ1n) is 8.78. The van der Waals surface area contributed by atoms with Crippen molar-refractivity contribution in [1.29, 1.82) is 0 Å². The van der Waals surface area contributed by atoms with Gasteiger partial charge in [0.15, 0.2) is 0 Å². The topological polar surface area (TPSA) is 80.0 Å². The monoisotopic (exact) mass is 328 g/mol. The van der Waals surface area contributed by atoms with E-state index in [1.54, 1.807) is 6.33 Å². The summed E-state index contributed by atoms with van der Waals surface area (Å²) in [6.07, 6.45) is 10.2. The summed E-state index contributed by atoms with van der Waals surface area (Å²) in [6.45, 7) is 1.47. The van der Waals surface area contributed by atoms with Crippen LogP contribution in [0.2, 0.25) is 0 Å². The molecule has 7 nitrogen and oxygen atoms in total. The predicted octanol–water partition coefficient (Wildman–Crippen LogP) is 1.06. The molecule has 1 N–H and O–H groups in total. The van der Waals surface area contributed by atoms with Crippen molar-refractivity contribution in [2.75, 3.05) is 18.0 Å². The minimum Gasteiger partial charge on any atom is -0.388 e. The van der Waals surface area contributed by atoms with Crippen molar-refractivity contribution in [2.45, 2.75) is 50.5 Å². The van der Waals surface area contributed by atoms with Crippen LogP contribution in [0.4, 0.5) is 5.82 Å². The van der Waals surface area contributed by atoms with Crippen LogP contribution in [0.15, 0.2) is 12.5 Å². The zero-order chi connectivity index (χ0) is 16.6. The highest BCUT2D eigenvalue weighted by atomic mass is 16.3. The molecule has 1 aliphatic carbocycles. The van der Waals surface area contributed by atoms with Crippen molar-refractivity contribution in [3.8, 4) is 0 Å². The molecule has 0 bridgehead atoms. The number of piperidine rings is 1. The third-order valence-corrected chi connectivity index (χ3v) is 5.17.